The molecule has 0 heterocycles. The van der Waals surface area contributed by atoms with Gasteiger partial charge in [-0.2, -0.15) is 0 Å². The molecule has 0 bridgehead atoms. The van der Waals surface area contributed by atoms with Crippen molar-refractivity contribution in [3.8, 4) is 0 Å². The Morgan fingerprint density at radius 1 is 1.06 bits per heavy atom. The third-order valence-corrected chi connectivity index (χ3v) is 3.11. The largest absolute Gasteiger partial charge is 0.313 e. The van der Waals surface area contributed by atoms with Crippen molar-refractivity contribution in [3.05, 3.63) is 0 Å². The van der Waals surface area contributed by atoms with Crippen LogP contribution in [0, 0.1) is 0 Å². The van der Waals surface area contributed by atoms with Gasteiger partial charge >= 0.3 is 0 Å². The van der Waals surface area contributed by atoms with Gasteiger partial charge in [0.05, 0.1) is 0 Å². The van der Waals surface area contributed by atoms with E-state index in [-0.39, 0.29) is 0 Å². The summed E-state index contributed by atoms with van der Waals surface area (Å²) in [6.07, 6.45) is 5.23. The van der Waals surface area contributed by atoms with Gasteiger partial charge in [0.15, 0.2) is 0 Å². The van der Waals surface area contributed by atoms with Crippen molar-refractivity contribution in [2.45, 2.75) is 72.4 Å². The van der Waals surface area contributed by atoms with Crippen LogP contribution in [0.1, 0.15) is 60.3 Å². The van der Waals surface area contributed by atoms with E-state index in [0.29, 0.717) is 6.04 Å². The summed E-state index contributed by atoms with van der Waals surface area (Å²) >= 11 is 0. The van der Waals surface area contributed by atoms with Gasteiger partial charge in [0, 0.05) is 18.6 Å². The molecule has 16 heavy (non-hydrogen) atoms. The summed E-state index contributed by atoms with van der Waals surface area (Å²) in [7, 11) is 0. The normalized spacial score (nSPS) is 13.7. The zero-order valence-corrected chi connectivity index (χ0v) is 12.1. The average molecular weight is 228 g/mol. The van der Waals surface area contributed by atoms with Crippen molar-refractivity contribution in [1.82, 2.24) is 10.2 Å². The molecule has 0 aliphatic rings. The molecule has 1 atom stereocenters. The van der Waals surface area contributed by atoms with Crippen LogP contribution in [0.25, 0.3) is 0 Å². The minimum atomic E-state index is 0.601. The molecule has 0 fully saturated rings. The lowest BCUT2D eigenvalue weighted by Crippen LogP contribution is -2.44. The monoisotopic (exact) mass is 228 g/mol. The van der Waals surface area contributed by atoms with Gasteiger partial charge in [0.25, 0.3) is 0 Å². The summed E-state index contributed by atoms with van der Waals surface area (Å²) in [6, 6.07) is 1.33. The smallest absolute Gasteiger partial charge is 0.0220 e. The van der Waals surface area contributed by atoms with E-state index in [0.717, 1.165) is 12.6 Å². The molecule has 0 aromatic carbocycles. The number of unbranched alkanes of at least 4 members (excludes halogenated alkanes) is 1. The minimum Gasteiger partial charge on any atom is -0.313 e. The summed E-state index contributed by atoms with van der Waals surface area (Å²) < 4.78 is 0. The third kappa shape index (κ3) is 7.24. The topological polar surface area (TPSA) is 15.3 Å². The van der Waals surface area contributed by atoms with E-state index >= 15 is 0 Å². The van der Waals surface area contributed by atoms with E-state index in [1.807, 2.05) is 0 Å². The van der Waals surface area contributed by atoms with Gasteiger partial charge in [-0.15, -0.1) is 0 Å². The molecule has 1 unspecified atom stereocenters. The number of rotatable bonds is 10. The molecule has 0 aromatic rings. The molecule has 0 aliphatic carbocycles. The molecule has 0 amide bonds. The Balaban J connectivity index is 4.10. The maximum Gasteiger partial charge on any atom is 0.0220 e. The highest BCUT2D eigenvalue weighted by Crippen LogP contribution is 2.08. The van der Waals surface area contributed by atoms with Gasteiger partial charge < -0.3 is 5.32 Å². The highest BCUT2D eigenvalue weighted by molar-refractivity contribution is 4.74. The molecule has 0 aromatic heterocycles. The van der Waals surface area contributed by atoms with Gasteiger partial charge in [-0.25, -0.2) is 0 Å². The molecule has 0 radical (unpaired) electrons. The molecule has 98 valence electrons. The van der Waals surface area contributed by atoms with Crippen LogP contribution in [0.2, 0.25) is 0 Å². The Kier molecular flexibility index (Phi) is 10.0. The number of nitrogens with one attached hydrogen (secondary N) is 1. The maximum absolute atomic E-state index is 3.58. The summed E-state index contributed by atoms with van der Waals surface area (Å²) in [5.41, 5.74) is 0. The fourth-order valence-corrected chi connectivity index (χ4v) is 2.08. The van der Waals surface area contributed by atoms with Crippen molar-refractivity contribution in [3.63, 3.8) is 0 Å². The van der Waals surface area contributed by atoms with Gasteiger partial charge in [0.2, 0.25) is 0 Å². The zero-order valence-electron chi connectivity index (χ0n) is 12.1. The number of hydrogen-bond acceptors (Lipinski definition) is 2. The molecule has 1 N–H and O–H groups in total. The standard InChI is InChI=1S/C14H32N2/c1-6-9-11-16(8-3)14(10-7-2)12-15-13(4)5/h13-15H,6-12H2,1-5H3. The first-order chi connectivity index (χ1) is 7.65. The van der Waals surface area contributed by atoms with Gasteiger partial charge in [-0.05, 0) is 25.9 Å². The van der Waals surface area contributed by atoms with Crippen LogP contribution in [0.5, 0.6) is 0 Å². The predicted octanol–water partition coefficient (Wildman–Crippen LogP) is 3.28. The number of likely N-dealkylation sites (N-methyl/N-ethyl adjacent to an activating group) is 1. The lowest BCUT2D eigenvalue weighted by atomic mass is 10.1. The highest BCUT2D eigenvalue weighted by Gasteiger charge is 2.15. The van der Waals surface area contributed by atoms with Crippen LogP contribution in [0.15, 0.2) is 0 Å². The fraction of sp³-hybridized carbons (Fsp3) is 1.00. The van der Waals surface area contributed by atoms with Crippen LogP contribution in [0.4, 0.5) is 0 Å². The van der Waals surface area contributed by atoms with E-state index in [1.54, 1.807) is 0 Å². The van der Waals surface area contributed by atoms with Crippen molar-refractivity contribution < 1.29 is 0 Å². The molecule has 2 nitrogen and oxygen atoms in total. The van der Waals surface area contributed by atoms with Crippen molar-refractivity contribution >= 4 is 0 Å². The summed E-state index contributed by atoms with van der Waals surface area (Å²) in [5, 5.41) is 3.58. The highest BCUT2D eigenvalue weighted by atomic mass is 15.2. The first kappa shape index (κ1) is 15.9. The van der Waals surface area contributed by atoms with Crippen LogP contribution < -0.4 is 5.32 Å². The average Bonchev–Trinajstić information content (AvgIpc) is 2.26. The molecular weight excluding hydrogens is 196 g/mol. The molecule has 0 spiro atoms. The van der Waals surface area contributed by atoms with Crippen LogP contribution in [-0.2, 0) is 0 Å². The Bertz CT molecular complexity index is 146. The second-order valence-electron chi connectivity index (χ2n) is 4.99. The molecule has 0 rings (SSSR count). The van der Waals surface area contributed by atoms with E-state index in [9.17, 15) is 0 Å². The fourth-order valence-electron chi connectivity index (χ4n) is 2.08. The first-order valence-corrected chi connectivity index (χ1v) is 7.13. The van der Waals surface area contributed by atoms with Crippen molar-refractivity contribution in [2.75, 3.05) is 19.6 Å². The number of nitrogens with zero attached hydrogens (tertiary/aromatic N) is 1. The third-order valence-electron chi connectivity index (χ3n) is 3.11. The predicted molar refractivity (Wildman–Crippen MR) is 74.0 cm³/mol. The summed E-state index contributed by atoms with van der Waals surface area (Å²) in [5.74, 6) is 0. The zero-order chi connectivity index (χ0) is 12.4. The second kappa shape index (κ2) is 10.1. The molecule has 0 saturated carbocycles. The van der Waals surface area contributed by atoms with Crippen LogP contribution in [0.3, 0.4) is 0 Å². The first-order valence-electron chi connectivity index (χ1n) is 7.13. The summed E-state index contributed by atoms with van der Waals surface area (Å²) in [4.78, 5) is 2.64. The van der Waals surface area contributed by atoms with Crippen LogP contribution in [-0.4, -0.2) is 36.6 Å². The van der Waals surface area contributed by atoms with Gasteiger partial charge in [-0.1, -0.05) is 47.5 Å². The quantitative estimate of drug-likeness (QED) is 0.617. The molecule has 2 heteroatoms. The maximum atomic E-state index is 3.58. The van der Waals surface area contributed by atoms with E-state index < -0.39 is 0 Å². The Morgan fingerprint density at radius 3 is 2.19 bits per heavy atom. The Hall–Kier alpha value is -0.0800. The molecule has 0 aliphatic heterocycles. The SMILES string of the molecule is CCCCN(CC)C(CCC)CNC(C)C. The Labute approximate surface area is 103 Å². The van der Waals surface area contributed by atoms with E-state index in [1.165, 1.54) is 38.8 Å². The van der Waals surface area contributed by atoms with E-state index in [4.69, 9.17) is 0 Å². The van der Waals surface area contributed by atoms with Crippen LogP contribution >= 0.6 is 0 Å². The van der Waals surface area contributed by atoms with E-state index in [2.05, 4.69) is 44.8 Å². The Morgan fingerprint density at radius 2 is 1.75 bits per heavy atom. The van der Waals surface area contributed by atoms with Crippen molar-refractivity contribution in [2.24, 2.45) is 0 Å². The minimum absolute atomic E-state index is 0.601. The lowest BCUT2D eigenvalue weighted by molar-refractivity contribution is 0.185. The molecular formula is C14H32N2. The second-order valence-corrected chi connectivity index (χ2v) is 4.99. The van der Waals surface area contributed by atoms with Crippen molar-refractivity contribution in [1.29, 1.82) is 0 Å². The molecule has 0 saturated heterocycles. The van der Waals surface area contributed by atoms with Gasteiger partial charge in [-0.3, -0.25) is 4.90 Å². The summed E-state index contributed by atoms with van der Waals surface area (Å²) in [6.45, 7) is 14.9. The lowest BCUT2D eigenvalue weighted by Gasteiger charge is -2.31. The van der Waals surface area contributed by atoms with Gasteiger partial charge in [0.1, 0.15) is 0 Å². The number of hydrogen-bond donors (Lipinski definition) is 1.